The first-order valence-corrected chi connectivity index (χ1v) is 7.13. The predicted molar refractivity (Wildman–Crippen MR) is 79.2 cm³/mol. The fraction of sp³-hybridized carbons (Fsp3) is 0.538. The summed E-state index contributed by atoms with van der Waals surface area (Å²) < 4.78 is 0. The van der Waals surface area contributed by atoms with Gasteiger partial charge in [-0.25, -0.2) is 0 Å². The monoisotopic (exact) mass is 302 g/mol. The Morgan fingerprint density at radius 3 is 2.89 bits per heavy atom. The predicted octanol–water partition coefficient (Wildman–Crippen LogP) is 1.95. The van der Waals surface area contributed by atoms with E-state index >= 15 is 0 Å². The first-order valence-electron chi connectivity index (χ1n) is 6.25. The first-order chi connectivity index (χ1) is 8.68. The molecule has 1 aromatic heterocycles. The highest BCUT2D eigenvalue weighted by atomic mass is 35.5. The van der Waals surface area contributed by atoms with Gasteiger partial charge in [0, 0.05) is 38.5 Å². The SMILES string of the molecule is C[C@@H]1CNCCN1C(=O)CCC(=O)c1cccs1.Cl. The van der Waals surface area contributed by atoms with Gasteiger partial charge in [-0.05, 0) is 18.4 Å². The van der Waals surface area contributed by atoms with Crippen LogP contribution in [0.25, 0.3) is 0 Å². The van der Waals surface area contributed by atoms with Crippen molar-refractivity contribution in [1.82, 2.24) is 10.2 Å². The number of rotatable bonds is 4. The molecule has 1 amide bonds. The van der Waals surface area contributed by atoms with Gasteiger partial charge >= 0.3 is 0 Å². The van der Waals surface area contributed by atoms with Gasteiger partial charge in [-0.2, -0.15) is 0 Å². The summed E-state index contributed by atoms with van der Waals surface area (Å²) in [6.45, 7) is 4.46. The van der Waals surface area contributed by atoms with Crippen molar-refractivity contribution >= 4 is 35.4 Å². The standard InChI is InChI=1S/C13H18N2O2S.ClH/c1-10-9-14-6-7-15(10)13(17)5-4-11(16)12-3-2-8-18-12;/h2-3,8,10,14H,4-7,9H2,1H3;1H/t10-;/m1./s1. The van der Waals surface area contributed by atoms with Gasteiger partial charge in [0.05, 0.1) is 4.88 Å². The molecule has 19 heavy (non-hydrogen) atoms. The number of Topliss-reactive ketones (excluding diaryl/α,β-unsaturated/α-hetero) is 1. The first kappa shape index (κ1) is 16.1. The smallest absolute Gasteiger partial charge is 0.223 e. The molecule has 1 saturated heterocycles. The molecule has 2 heterocycles. The molecule has 4 nitrogen and oxygen atoms in total. The Morgan fingerprint density at radius 2 is 2.26 bits per heavy atom. The Labute approximate surface area is 123 Å². The van der Waals surface area contributed by atoms with Crippen molar-refractivity contribution in [2.45, 2.75) is 25.8 Å². The summed E-state index contributed by atoms with van der Waals surface area (Å²) in [6, 6.07) is 3.89. The summed E-state index contributed by atoms with van der Waals surface area (Å²) >= 11 is 1.43. The van der Waals surface area contributed by atoms with Gasteiger partial charge in [-0.15, -0.1) is 23.7 Å². The second kappa shape index (κ2) is 7.62. The van der Waals surface area contributed by atoms with Crippen molar-refractivity contribution in [3.05, 3.63) is 22.4 Å². The molecule has 2 rings (SSSR count). The van der Waals surface area contributed by atoms with E-state index in [2.05, 4.69) is 5.32 Å². The zero-order chi connectivity index (χ0) is 13.0. The molecule has 1 fully saturated rings. The second-order valence-electron chi connectivity index (χ2n) is 4.54. The lowest BCUT2D eigenvalue weighted by atomic mass is 10.1. The summed E-state index contributed by atoms with van der Waals surface area (Å²) in [6.07, 6.45) is 0.636. The third-order valence-corrected chi connectivity index (χ3v) is 4.09. The van der Waals surface area contributed by atoms with Crippen LogP contribution in [0, 0.1) is 0 Å². The van der Waals surface area contributed by atoms with E-state index in [1.165, 1.54) is 11.3 Å². The minimum Gasteiger partial charge on any atom is -0.337 e. The second-order valence-corrected chi connectivity index (χ2v) is 5.49. The quantitative estimate of drug-likeness (QED) is 0.865. The molecule has 0 saturated carbocycles. The summed E-state index contributed by atoms with van der Waals surface area (Å²) in [5, 5.41) is 5.13. The van der Waals surface area contributed by atoms with E-state index in [1.54, 1.807) is 0 Å². The van der Waals surface area contributed by atoms with E-state index in [0.717, 1.165) is 24.5 Å². The number of carbonyl (C=O) groups excluding carboxylic acids is 2. The van der Waals surface area contributed by atoms with Crippen LogP contribution in [0.4, 0.5) is 0 Å². The fourth-order valence-corrected chi connectivity index (χ4v) is 2.83. The topological polar surface area (TPSA) is 49.4 Å². The van der Waals surface area contributed by atoms with Crippen molar-refractivity contribution in [2.24, 2.45) is 0 Å². The molecule has 106 valence electrons. The zero-order valence-corrected chi connectivity index (χ0v) is 12.6. The van der Waals surface area contributed by atoms with E-state index in [4.69, 9.17) is 0 Å². The number of nitrogens with one attached hydrogen (secondary N) is 1. The molecule has 1 aromatic rings. The lowest BCUT2D eigenvalue weighted by Crippen LogP contribution is -2.52. The Morgan fingerprint density at radius 1 is 1.47 bits per heavy atom. The Bertz CT molecular complexity index is 422. The summed E-state index contributed by atoms with van der Waals surface area (Å²) in [5.41, 5.74) is 0. The van der Waals surface area contributed by atoms with E-state index in [1.807, 2.05) is 29.3 Å². The van der Waals surface area contributed by atoms with Crippen molar-refractivity contribution in [3.8, 4) is 0 Å². The van der Waals surface area contributed by atoms with Gasteiger partial charge in [0.2, 0.25) is 5.91 Å². The van der Waals surface area contributed by atoms with Gasteiger partial charge < -0.3 is 10.2 Å². The number of thiophene rings is 1. The van der Waals surface area contributed by atoms with Crippen LogP contribution in [0.2, 0.25) is 0 Å². The van der Waals surface area contributed by atoms with Crippen LogP contribution in [0.5, 0.6) is 0 Å². The van der Waals surface area contributed by atoms with Crippen LogP contribution in [0.15, 0.2) is 17.5 Å². The Kier molecular flexibility index (Phi) is 6.48. The summed E-state index contributed by atoms with van der Waals surface area (Å²) in [7, 11) is 0. The molecule has 0 radical (unpaired) electrons. The number of amides is 1. The van der Waals surface area contributed by atoms with Crippen LogP contribution in [0.3, 0.4) is 0 Å². The number of nitrogens with zero attached hydrogens (tertiary/aromatic N) is 1. The average Bonchev–Trinajstić information content (AvgIpc) is 2.90. The summed E-state index contributed by atoms with van der Waals surface area (Å²) in [5.74, 6) is 0.162. The number of hydrogen-bond acceptors (Lipinski definition) is 4. The number of hydrogen-bond donors (Lipinski definition) is 1. The highest BCUT2D eigenvalue weighted by Gasteiger charge is 2.23. The lowest BCUT2D eigenvalue weighted by molar-refractivity contribution is -0.133. The van der Waals surface area contributed by atoms with Crippen LogP contribution in [-0.4, -0.2) is 42.3 Å². The van der Waals surface area contributed by atoms with E-state index in [-0.39, 0.29) is 30.1 Å². The van der Waals surface area contributed by atoms with Gasteiger partial charge in [-0.1, -0.05) is 6.07 Å². The van der Waals surface area contributed by atoms with Crippen LogP contribution >= 0.6 is 23.7 Å². The fourth-order valence-electron chi connectivity index (χ4n) is 2.14. The Hall–Kier alpha value is -0.910. The molecular formula is C13H19ClN2O2S. The normalized spacial score (nSPS) is 18.8. The third-order valence-electron chi connectivity index (χ3n) is 3.18. The molecule has 0 bridgehead atoms. The van der Waals surface area contributed by atoms with Crippen molar-refractivity contribution < 1.29 is 9.59 Å². The van der Waals surface area contributed by atoms with Crippen LogP contribution in [0.1, 0.15) is 29.4 Å². The number of piperazine rings is 1. The van der Waals surface area contributed by atoms with E-state index in [0.29, 0.717) is 12.8 Å². The molecular weight excluding hydrogens is 284 g/mol. The van der Waals surface area contributed by atoms with Gasteiger partial charge in [0.25, 0.3) is 0 Å². The van der Waals surface area contributed by atoms with Gasteiger partial charge in [0.15, 0.2) is 5.78 Å². The zero-order valence-electron chi connectivity index (χ0n) is 10.9. The van der Waals surface area contributed by atoms with Crippen molar-refractivity contribution in [2.75, 3.05) is 19.6 Å². The number of carbonyl (C=O) groups is 2. The molecule has 1 N–H and O–H groups in total. The maximum atomic E-state index is 12.0. The third kappa shape index (κ3) is 4.30. The van der Waals surface area contributed by atoms with Gasteiger partial charge in [0.1, 0.15) is 0 Å². The van der Waals surface area contributed by atoms with E-state index < -0.39 is 0 Å². The maximum Gasteiger partial charge on any atom is 0.223 e. The minimum absolute atomic E-state index is 0. The summed E-state index contributed by atoms with van der Waals surface area (Å²) in [4.78, 5) is 26.5. The molecule has 1 aliphatic heterocycles. The molecule has 1 aliphatic rings. The molecule has 6 heteroatoms. The average molecular weight is 303 g/mol. The van der Waals surface area contributed by atoms with Crippen LogP contribution < -0.4 is 5.32 Å². The molecule has 1 atom stereocenters. The number of halogens is 1. The van der Waals surface area contributed by atoms with Crippen molar-refractivity contribution in [3.63, 3.8) is 0 Å². The highest BCUT2D eigenvalue weighted by molar-refractivity contribution is 7.12. The molecule has 0 spiro atoms. The maximum absolute atomic E-state index is 12.0. The largest absolute Gasteiger partial charge is 0.337 e. The van der Waals surface area contributed by atoms with Crippen molar-refractivity contribution in [1.29, 1.82) is 0 Å². The molecule has 0 unspecified atom stereocenters. The van der Waals surface area contributed by atoms with Gasteiger partial charge in [-0.3, -0.25) is 9.59 Å². The van der Waals surface area contributed by atoms with Crippen LogP contribution in [-0.2, 0) is 4.79 Å². The molecule has 0 aromatic carbocycles. The highest BCUT2D eigenvalue weighted by Crippen LogP contribution is 2.14. The lowest BCUT2D eigenvalue weighted by Gasteiger charge is -2.34. The minimum atomic E-state index is 0. The Balaban J connectivity index is 0.00000180. The molecule has 0 aliphatic carbocycles. The van der Waals surface area contributed by atoms with E-state index in [9.17, 15) is 9.59 Å². The number of ketones is 1.